The van der Waals surface area contributed by atoms with E-state index in [1.165, 1.54) is 43.5 Å². The standard InChI is InChI=1S/C48H55N4O7PS2/c1-31-32(2)43(55)41(33(3)42(31)54)48(4,5)29-40(53)51(6)24-25-52(7)47(57)59-34-22-23-37-39(28-34)62-45(49-37)44-50-38(30-61-44)46(56)58-26-16-8-9-17-27-60(35-18-12-10-13-19-35)36-20-14-11-15-21-36/h10-15,18-23,28,38H,8-9,16-17,24-27,29-30H2,1-7H3/t38-/m1/s1. The van der Waals surface area contributed by atoms with Gasteiger partial charge < -0.3 is 19.3 Å². The number of allylic oxidation sites excluding steroid dienone is 4. The number of hydrogen-bond acceptors (Lipinski definition) is 11. The molecule has 0 bridgehead atoms. The number of aromatic nitrogens is 1. The van der Waals surface area contributed by atoms with E-state index in [1.54, 1.807) is 66.9 Å². The first-order valence-corrected chi connectivity index (χ1v) is 24.3. The van der Waals surface area contributed by atoms with Gasteiger partial charge in [-0.1, -0.05) is 87.4 Å². The maximum absolute atomic E-state index is 13.3. The molecule has 2 aliphatic rings. The molecule has 326 valence electrons. The predicted molar refractivity (Wildman–Crippen MR) is 252 cm³/mol. The van der Waals surface area contributed by atoms with E-state index in [9.17, 15) is 24.0 Å². The van der Waals surface area contributed by atoms with Crippen molar-refractivity contribution in [3.8, 4) is 5.75 Å². The van der Waals surface area contributed by atoms with Crippen molar-refractivity contribution in [1.82, 2.24) is 14.8 Å². The van der Waals surface area contributed by atoms with Crippen molar-refractivity contribution < 1.29 is 33.4 Å². The quantitative estimate of drug-likeness (QED) is 0.0417. The second kappa shape index (κ2) is 20.9. The number of Topliss-reactive ketones (excluding diaryl/α,β-unsaturated/α-hetero) is 2. The SMILES string of the molecule is CC1=C(C)C(=O)C(C(C)(C)CC(=O)N(C)CCN(C)C(=O)Oc2ccc3nc(C4=N[C@@H](C(=O)OCCCCCCP(c5ccccc5)c5ccccc5)CS4)sc3c2)=C(C)C1=O. The number of nitrogens with zero attached hydrogens (tertiary/aromatic N) is 4. The molecular weight excluding hydrogens is 840 g/mol. The molecular formula is C48H55N4O7PS2. The highest BCUT2D eigenvalue weighted by atomic mass is 32.2. The molecule has 0 fully saturated rings. The van der Waals surface area contributed by atoms with Crippen molar-refractivity contribution >= 4 is 86.4 Å². The molecule has 1 atom stereocenters. The fourth-order valence-electron chi connectivity index (χ4n) is 7.49. The Morgan fingerprint density at radius 2 is 1.44 bits per heavy atom. The first-order chi connectivity index (χ1) is 29.6. The lowest BCUT2D eigenvalue weighted by Crippen LogP contribution is -2.40. The summed E-state index contributed by atoms with van der Waals surface area (Å²) in [6.45, 7) is 9.37. The van der Waals surface area contributed by atoms with Gasteiger partial charge in [0.15, 0.2) is 17.6 Å². The van der Waals surface area contributed by atoms with Gasteiger partial charge in [-0.15, -0.1) is 23.1 Å². The highest BCUT2D eigenvalue weighted by Crippen LogP contribution is 2.39. The first kappa shape index (κ1) is 46.5. The molecule has 14 heteroatoms. The number of hydrogen-bond donors (Lipinski definition) is 0. The van der Waals surface area contributed by atoms with Gasteiger partial charge in [0.2, 0.25) is 5.91 Å². The van der Waals surface area contributed by atoms with E-state index in [0.717, 1.165) is 42.1 Å². The van der Waals surface area contributed by atoms with Gasteiger partial charge in [-0.25, -0.2) is 14.6 Å². The van der Waals surface area contributed by atoms with E-state index in [1.807, 2.05) is 0 Å². The summed E-state index contributed by atoms with van der Waals surface area (Å²) < 4.78 is 12.1. The van der Waals surface area contributed by atoms with Crippen LogP contribution in [0.5, 0.6) is 5.75 Å². The highest BCUT2D eigenvalue weighted by molar-refractivity contribution is 8.15. The summed E-state index contributed by atoms with van der Waals surface area (Å²) in [6, 6.07) is 26.1. The van der Waals surface area contributed by atoms with Crippen LogP contribution in [0.1, 0.15) is 71.7 Å². The maximum Gasteiger partial charge on any atom is 0.415 e. The smallest absolute Gasteiger partial charge is 0.415 e. The van der Waals surface area contributed by atoms with Crippen molar-refractivity contribution in [3.63, 3.8) is 0 Å². The molecule has 0 spiro atoms. The van der Waals surface area contributed by atoms with Crippen LogP contribution in [-0.4, -0.2) is 101 Å². The van der Waals surface area contributed by atoms with E-state index < -0.39 is 25.5 Å². The second-order valence-corrected chi connectivity index (χ2v) is 20.8. The zero-order chi connectivity index (χ0) is 44.6. The molecule has 0 saturated heterocycles. The molecule has 6 rings (SSSR count). The number of aliphatic imine (C=N–C) groups is 1. The Bertz CT molecular complexity index is 2370. The largest absolute Gasteiger partial charge is 0.464 e. The van der Waals surface area contributed by atoms with Crippen LogP contribution in [0.15, 0.2) is 106 Å². The van der Waals surface area contributed by atoms with Gasteiger partial charge in [-0.3, -0.25) is 19.4 Å². The molecule has 1 aromatic heterocycles. The van der Waals surface area contributed by atoms with Crippen molar-refractivity contribution in [1.29, 1.82) is 0 Å². The number of rotatable bonds is 18. The van der Waals surface area contributed by atoms with Crippen molar-refractivity contribution in [3.05, 3.63) is 106 Å². The second-order valence-electron chi connectivity index (χ2n) is 16.4. The topological polar surface area (TPSA) is 136 Å². The number of esters is 1. The number of thioether (sulfide) groups is 1. The average molecular weight is 895 g/mol. The van der Waals surface area contributed by atoms with Gasteiger partial charge in [0, 0.05) is 73.1 Å². The number of carbonyl (C=O) groups excluding carboxylic acids is 5. The zero-order valence-corrected chi connectivity index (χ0v) is 39.1. The lowest BCUT2D eigenvalue weighted by Gasteiger charge is -2.33. The van der Waals surface area contributed by atoms with E-state index in [4.69, 9.17) is 14.5 Å². The van der Waals surface area contributed by atoms with Crippen LogP contribution in [0.4, 0.5) is 4.79 Å². The maximum atomic E-state index is 13.3. The van der Waals surface area contributed by atoms with Gasteiger partial charge in [0.05, 0.1) is 16.8 Å². The fourth-order valence-corrected chi connectivity index (χ4v) is 12.0. The van der Waals surface area contributed by atoms with E-state index in [2.05, 4.69) is 65.7 Å². The number of likely N-dealkylation sites (N-methyl/N-ethyl adjacent to an activating group) is 2. The molecule has 4 aromatic rings. The summed E-state index contributed by atoms with van der Waals surface area (Å²) in [4.78, 5) is 77.4. The van der Waals surface area contributed by atoms with Crippen LogP contribution >= 0.6 is 31.0 Å². The third-order valence-electron chi connectivity index (χ3n) is 11.3. The zero-order valence-electron chi connectivity index (χ0n) is 36.6. The summed E-state index contributed by atoms with van der Waals surface area (Å²) in [6.07, 6.45) is 4.59. The Labute approximate surface area is 373 Å². The van der Waals surface area contributed by atoms with Crippen molar-refractivity contribution in [2.45, 2.75) is 72.8 Å². The minimum atomic E-state index is -0.862. The normalized spacial score (nSPS) is 15.7. The molecule has 0 saturated carbocycles. The summed E-state index contributed by atoms with van der Waals surface area (Å²) in [5.41, 5.74) is 1.47. The van der Waals surface area contributed by atoms with E-state index in [-0.39, 0.29) is 43.0 Å². The third-order valence-corrected chi connectivity index (χ3v) is 16.1. The minimum Gasteiger partial charge on any atom is -0.464 e. The lowest BCUT2D eigenvalue weighted by atomic mass is 9.71. The average Bonchev–Trinajstić information content (AvgIpc) is 3.93. The Balaban J connectivity index is 0.926. The van der Waals surface area contributed by atoms with Gasteiger partial charge in [0.25, 0.3) is 0 Å². The summed E-state index contributed by atoms with van der Waals surface area (Å²) in [7, 11) is 2.85. The number of carbonyl (C=O) groups is 5. The van der Waals surface area contributed by atoms with Crippen molar-refractivity contribution in [2.75, 3.05) is 45.7 Å². The van der Waals surface area contributed by atoms with Crippen molar-refractivity contribution in [2.24, 2.45) is 10.4 Å². The molecule has 0 unspecified atom stereocenters. The molecule has 11 nitrogen and oxygen atoms in total. The molecule has 2 amide bonds. The summed E-state index contributed by atoms with van der Waals surface area (Å²) in [5, 5.41) is 4.18. The molecule has 3 aromatic carbocycles. The van der Waals surface area contributed by atoms with E-state index in [0.29, 0.717) is 50.5 Å². The number of ketones is 2. The van der Waals surface area contributed by atoms with Gasteiger partial charge in [-0.2, -0.15) is 0 Å². The molecule has 0 N–H and O–H groups in total. The predicted octanol–water partition coefficient (Wildman–Crippen LogP) is 8.50. The molecule has 1 aliphatic heterocycles. The Morgan fingerprint density at radius 3 is 2.11 bits per heavy atom. The number of fused-ring (bicyclic) bond motifs is 1. The van der Waals surface area contributed by atoms with Gasteiger partial charge in [0.1, 0.15) is 15.8 Å². The third kappa shape index (κ3) is 11.3. The fraction of sp³-hybridized carbons (Fsp3) is 0.396. The van der Waals surface area contributed by atoms with Crippen LogP contribution in [0.3, 0.4) is 0 Å². The summed E-state index contributed by atoms with van der Waals surface area (Å²) in [5.74, 6) is -0.0516. The van der Waals surface area contributed by atoms with Gasteiger partial charge in [-0.05, 0) is 70.4 Å². The van der Waals surface area contributed by atoms with Crippen LogP contribution in [-0.2, 0) is 23.9 Å². The molecule has 1 aliphatic carbocycles. The molecule has 62 heavy (non-hydrogen) atoms. The van der Waals surface area contributed by atoms with Gasteiger partial charge >= 0.3 is 12.1 Å². The number of benzene rings is 3. The van der Waals surface area contributed by atoms with Crippen LogP contribution < -0.4 is 15.3 Å². The molecule has 2 heterocycles. The first-order valence-electron chi connectivity index (χ1n) is 21.0. The van der Waals surface area contributed by atoms with Crippen LogP contribution in [0, 0.1) is 5.41 Å². The Hall–Kier alpha value is -4.97. The van der Waals surface area contributed by atoms with Crippen LogP contribution in [0.2, 0.25) is 0 Å². The number of thiazole rings is 1. The Morgan fingerprint density at radius 1 is 0.806 bits per heavy atom. The minimum absolute atomic E-state index is 0.0237. The number of amides is 2. The van der Waals surface area contributed by atoms with Crippen LogP contribution in [0.25, 0.3) is 10.2 Å². The summed E-state index contributed by atoms with van der Waals surface area (Å²) >= 11 is 2.89. The monoisotopic (exact) mass is 894 g/mol. The highest BCUT2D eigenvalue weighted by Gasteiger charge is 2.39. The Kier molecular flexibility index (Phi) is 15.7. The lowest BCUT2D eigenvalue weighted by molar-refractivity contribution is -0.144. The van der Waals surface area contributed by atoms with E-state index >= 15 is 0 Å². The number of ether oxygens (including phenoxy) is 2. The molecule has 0 radical (unpaired) electrons. The number of unbranched alkanes of at least 4 members (excludes halogenated alkanes) is 3.